The number of nitrogens with zero attached hydrogens (tertiary/aromatic N) is 2. The van der Waals surface area contributed by atoms with Gasteiger partial charge in [-0.05, 0) is 37.6 Å². The lowest BCUT2D eigenvalue weighted by Crippen LogP contribution is -3.06. The molecular formula is C21H25ClN3O2S+. The monoisotopic (exact) mass is 418 g/mol. The van der Waals surface area contributed by atoms with E-state index >= 15 is 0 Å². The lowest BCUT2D eigenvalue weighted by Gasteiger charge is -2.21. The highest BCUT2D eigenvalue weighted by Gasteiger charge is 2.25. The van der Waals surface area contributed by atoms with Crippen LogP contribution in [0.3, 0.4) is 0 Å². The Morgan fingerprint density at radius 3 is 2.68 bits per heavy atom. The van der Waals surface area contributed by atoms with Crippen LogP contribution in [-0.4, -0.2) is 45.2 Å². The predicted octanol–water partition coefficient (Wildman–Crippen LogP) is 3.37. The number of quaternary nitrogens is 1. The number of ether oxygens (including phenoxy) is 1. The number of likely N-dealkylation sites (N-methyl/N-ethyl adjacent to an activating group) is 1. The number of halogens is 1. The summed E-state index contributed by atoms with van der Waals surface area (Å²) in [6.07, 6.45) is 0. The fourth-order valence-electron chi connectivity index (χ4n) is 2.95. The number of amides is 1. The Labute approximate surface area is 174 Å². The molecule has 0 fully saturated rings. The molecule has 3 rings (SSSR count). The summed E-state index contributed by atoms with van der Waals surface area (Å²) in [5, 5.41) is 1.24. The van der Waals surface area contributed by atoms with E-state index in [4.69, 9.17) is 21.3 Å². The number of rotatable bonds is 6. The van der Waals surface area contributed by atoms with E-state index in [-0.39, 0.29) is 5.91 Å². The maximum atomic E-state index is 13.5. The van der Waals surface area contributed by atoms with Gasteiger partial charge in [-0.2, -0.15) is 0 Å². The molecule has 0 saturated carbocycles. The van der Waals surface area contributed by atoms with Gasteiger partial charge in [-0.15, -0.1) is 0 Å². The Kier molecular flexibility index (Phi) is 6.23. The molecule has 0 spiro atoms. The summed E-state index contributed by atoms with van der Waals surface area (Å²) in [5.41, 5.74) is 3.40. The minimum absolute atomic E-state index is 0.0448. The van der Waals surface area contributed by atoms with Gasteiger partial charge in [-0.3, -0.25) is 9.69 Å². The van der Waals surface area contributed by atoms with Crippen LogP contribution in [0.1, 0.15) is 21.5 Å². The molecule has 1 aromatic heterocycles. The van der Waals surface area contributed by atoms with Crippen molar-refractivity contribution in [3.05, 3.63) is 52.0 Å². The largest absolute Gasteiger partial charge is 0.494 e. The van der Waals surface area contributed by atoms with Crippen molar-refractivity contribution in [1.82, 2.24) is 4.98 Å². The first kappa shape index (κ1) is 20.6. The summed E-state index contributed by atoms with van der Waals surface area (Å²) in [4.78, 5) is 21.2. The van der Waals surface area contributed by atoms with Crippen molar-refractivity contribution in [3.8, 4) is 5.75 Å². The van der Waals surface area contributed by atoms with Crippen LogP contribution >= 0.6 is 22.9 Å². The molecule has 0 saturated heterocycles. The number of aromatic nitrogens is 1. The summed E-state index contributed by atoms with van der Waals surface area (Å²) in [6.45, 7) is 5.32. The molecule has 1 N–H and O–H groups in total. The summed E-state index contributed by atoms with van der Waals surface area (Å²) in [6, 6.07) is 9.54. The highest BCUT2D eigenvalue weighted by Crippen LogP contribution is 2.39. The summed E-state index contributed by atoms with van der Waals surface area (Å²) in [5.74, 6) is 0.607. The number of nitrogens with one attached hydrogen (secondary N) is 1. The Balaban J connectivity index is 2.10. The Morgan fingerprint density at radius 2 is 2.00 bits per heavy atom. The van der Waals surface area contributed by atoms with Crippen molar-refractivity contribution >= 4 is 44.2 Å². The van der Waals surface area contributed by atoms with Gasteiger partial charge in [0.25, 0.3) is 5.91 Å². The summed E-state index contributed by atoms with van der Waals surface area (Å²) >= 11 is 7.80. The maximum absolute atomic E-state index is 13.5. The smallest absolute Gasteiger partial charge is 0.260 e. The van der Waals surface area contributed by atoms with E-state index in [1.165, 1.54) is 16.2 Å². The molecule has 1 heterocycles. The van der Waals surface area contributed by atoms with Crippen LogP contribution in [0.25, 0.3) is 10.2 Å². The van der Waals surface area contributed by atoms with Gasteiger partial charge < -0.3 is 9.64 Å². The second kappa shape index (κ2) is 8.47. The summed E-state index contributed by atoms with van der Waals surface area (Å²) in [7, 11) is 5.74. The molecule has 0 aliphatic heterocycles. The maximum Gasteiger partial charge on any atom is 0.260 e. The van der Waals surface area contributed by atoms with E-state index < -0.39 is 0 Å². The molecule has 5 nitrogen and oxygen atoms in total. The zero-order chi connectivity index (χ0) is 20.4. The van der Waals surface area contributed by atoms with Gasteiger partial charge in [0.1, 0.15) is 11.3 Å². The zero-order valence-electron chi connectivity index (χ0n) is 16.8. The van der Waals surface area contributed by atoms with E-state index in [2.05, 4.69) is 14.1 Å². The van der Waals surface area contributed by atoms with Crippen LogP contribution in [0.5, 0.6) is 5.75 Å². The van der Waals surface area contributed by atoms with Crippen molar-refractivity contribution in [1.29, 1.82) is 0 Å². The highest BCUT2D eigenvalue weighted by molar-refractivity contribution is 7.23. The molecule has 2 aromatic carbocycles. The molecule has 1 amide bonds. The average molecular weight is 419 g/mol. The molecule has 0 unspecified atom stereocenters. The number of hydrogen-bond acceptors (Lipinski definition) is 4. The number of thiazole rings is 1. The second-order valence-electron chi connectivity index (χ2n) is 7.16. The van der Waals surface area contributed by atoms with E-state index in [0.717, 1.165) is 22.4 Å². The number of hydrogen-bond donors (Lipinski definition) is 1. The van der Waals surface area contributed by atoms with Gasteiger partial charge in [0.05, 0.1) is 44.0 Å². The van der Waals surface area contributed by atoms with Crippen molar-refractivity contribution in [2.24, 2.45) is 0 Å². The van der Waals surface area contributed by atoms with Gasteiger partial charge in [-0.1, -0.05) is 40.6 Å². The second-order valence-corrected chi connectivity index (χ2v) is 8.54. The van der Waals surface area contributed by atoms with Crippen LogP contribution < -0.4 is 14.5 Å². The first-order valence-electron chi connectivity index (χ1n) is 9.13. The van der Waals surface area contributed by atoms with E-state index in [1.54, 1.807) is 24.1 Å². The molecule has 7 heteroatoms. The zero-order valence-corrected chi connectivity index (χ0v) is 18.4. The number of carbonyl (C=O) groups excluding carboxylic acids is 1. The molecule has 148 valence electrons. The molecule has 28 heavy (non-hydrogen) atoms. The minimum Gasteiger partial charge on any atom is -0.494 e. The Morgan fingerprint density at radius 1 is 1.25 bits per heavy atom. The lowest BCUT2D eigenvalue weighted by molar-refractivity contribution is -0.856. The number of aryl methyl sites for hydroxylation is 2. The Bertz CT molecular complexity index is 1020. The van der Waals surface area contributed by atoms with E-state index in [9.17, 15) is 4.79 Å². The van der Waals surface area contributed by atoms with Gasteiger partial charge in [0.2, 0.25) is 0 Å². The quantitative estimate of drug-likeness (QED) is 0.667. The fourth-order valence-corrected chi connectivity index (χ4v) is 4.23. The van der Waals surface area contributed by atoms with Crippen LogP contribution in [0.2, 0.25) is 5.02 Å². The summed E-state index contributed by atoms with van der Waals surface area (Å²) < 4.78 is 6.26. The molecule has 0 aliphatic carbocycles. The predicted molar refractivity (Wildman–Crippen MR) is 116 cm³/mol. The topological polar surface area (TPSA) is 46.9 Å². The normalized spacial score (nSPS) is 11.2. The average Bonchev–Trinajstić information content (AvgIpc) is 3.10. The third-order valence-electron chi connectivity index (χ3n) is 4.60. The number of fused-ring (bicyclic) bond motifs is 1. The first-order valence-corrected chi connectivity index (χ1v) is 10.3. The van der Waals surface area contributed by atoms with E-state index in [0.29, 0.717) is 33.5 Å². The van der Waals surface area contributed by atoms with Crippen LogP contribution in [0, 0.1) is 13.8 Å². The van der Waals surface area contributed by atoms with Crippen LogP contribution in [-0.2, 0) is 0 Å². The molecule has 0 aliphatic rings. The van der Waals surface area contributed by atoms with Gasteiger partial charge in [0.15, 0.2) is 5.13 Å². The standard InChI is InChI=1S/C21H24ClN3O2S/c1-13-6-7-14(2)15(12-13)20(26)25(11-10-24(3)4)21-23-18-17(27-5)9-8-16(22)19(18)28-21/h6-9,12H,10-11H2,1-5H3/p+1. The molecule has 0 bridgehead atoms. The van der Waals surface area contributed by atoms with Crippen molar-refractivity contribution in [3.63, 3.8) is 0 Å². The number of benzene rings is 2. The lowest BCUT2D eigenvalue weighted by atomic mass is 10.0. The van der Waals surface area contributed by atoms with Crippen LogP contribution in [0.4, 0.5) is 5.13 Å². The fraction of sp³-hybridized carbons (Fsp3) is 0.333. The molecular weight excluding hydrogens is 394 g/mol. The van der Waals surface area contributed by atoms with Gasteiger partial charge in [-0.25, -0.2) is 4.98 Å². The molecule has 3 aromatic rings. The minimum atomic E-state index is -0.0448. The molecule has 0 radical (unpaired) electrons. The van der Waals surface area contributed by atoms with Crippen molar-refractivity contribution in [2.75, 3.05) is 39.2 Å². The highest BCUT2D eigenvalue weighted by atomic mass is 35.5. The van der Waals surface area contributed by atoms with Crippen molar-refractivity contribution in [2.45, 2.75) is 13.8 Å². The SMILES string of the molecule is COc1ccc(Cl)c2sc(N(CC[NH+](C)C)C(=O)c3cc(C)ccc3C)nc12. The molecule has 0 atom stereocenters. The number of methoxy groups -OCH3 is 1. The Hall–Kier alpha value is -2.15. The van der Waals surface area contributed by atoms with Gasteiger partial charge in [0, 0.05) is 5.56 Å². The van der Waals surface area contributed by atoms with Crippen molar-refractivity contribution < 1.29 is 14.4 Å². The third kappa shape index (κ3) is 4.14. The number of carbonyl (C=O) groups is 1. The third-order valence-corrected chi connectivity index (χ3v) is 6.14. The van der Waals surface area contributed by atoms with Crippen LogP contribution in [0.15, 0.2) is 30.3 Å². The number of anilines is 1. The van der Waals surface area contributed by atoms with E-state index in [1.807, 2.05) is 32.0 Å². The first-order chi connectivity index (χ1) is 13.3. The van der Waals surface area contributed by atoms with Gasteiger partial charge >= 0.3 is 0 Å².